The van der Waals surface area contributed by atoms with Crippen LogP contribution in [0.4, 0.5) is 5.82 Å². The molecule has 0 fully saturated rings. The Labute approximate surface area is 107 Å². The van der Waals surface area contributed by atoms with Crippen LogP contribution in [0.2, 0.25) is 0 Å². The minimum atomic E-state index is -0.258. The summed E-state index contributed by atoms with van der Waals surface area (Å²) in [5, 5.41) is 9.68. The van der Waals surface area contributed by atoms with Gasteiger partial charge in [-0.25, -0.2) is 0 Å². The highest BCUT2D eigenvalue weighted by Gasteiger charge is 2.18. The van der Waals surface area contributed by atoms with Crippen molar-refractivity contribution in [2.45, 2.75) is 38.7 Å². The van der Waals surface area contributed by atoms with Crippen molar-refractivity contribution in [1.29, 1.82) is 0 Å². The molecule has 1 aromatic heterocycles. The van der Waals surface area contributed by atoms with Gasteiger partial charge in [-0.15, -0.1) is 0 Å². The molecule has 0 aliphatic heterocycles. The van der Waals surface area contributed by atoms with Gasteiger partial charge in [0.2, 0.25) is 5.91 Å². The Morgan fingerprint density at radius 1 is 1.61 bits per heavy atom. The number of ether oxygens (including phenoxy) is 1. The van der Waals surface area contributed by atoms with Crippen LogP contribution in [-0.2, 0) is 14.9 Å². The monoisotopic (exact) mass is 254 g/mol. The second-order valence-electron chi connectivity index (χ2n) is 5.26. The Kier molecular flexibility index (Phi) is 4.86. The number of rotatable bonds is 5. The summed E-state index contributed by atoms with van der Waals surface area (Å²) in [6.45, 7) is 6.53. The molecule has 0 saturated heterocycles. The van der Waals surface area contributed by atoms with Gasteiger partial charge in [0.05, 0.1) is 12.5 Å². The van der Waals surface area contributed by atoms with Crippen LogP contribution in [-0.4, -0.2) is 35.9 Å². The van der Waals surface area contributed by atoms with Crippen LogP contribution < -0.4 is 11.1 Å². The molecule has 6 nitrogen and oxygen atoms in total. The fourth-order valence-electron chi connectivity index (χ4n) is 1.43. The highest BCUT2D eigenvalue weighted by Crippen LogP contribution is 2.21. The summed E-state index contributed by atoms with van der Waals surface area (Å²) >= 11 is 0. The van der Waals surface area contributed by atoms with Crippen molar-refractivity contribution in [2.75, 3.05) is 19.0 Å². The lowest BCUT2D eigenvalue weighted by Crippen LogP contribution is -2.28. The Hall–Kier alpha value is -1.40. The molecule has 1 heterocycles. The van der Waals surface area contributed by atoms with Crippen molar-refractivity contribution in [1.82, 2.24) is 10.2 Å². The minimum Gasteiger partial charge on any atom is -0.380 e. The highest BCUT2D eigenvalue weighted by atomic mass is 16.5. The average molecular weight is 254 g/mol. The van der Waals surface area contributed by atoms with E-state index in [1.54, 1.807) is 0 Å². The fraction of sp³-hybridized carbons (Fsp3) is 0.667. The second-order valence-corrected chi connectivity index (χ2v) is 5.26. The number of anilines is 1. The van der Waals surface area contributed by atoms with E-state index in [1.165, 1.54) is 7.11 Å². The van der Waals surface area contributed by atoms with Gasteiger partial charge in [-0.1, -0.05) is 20.8 Å². The van der Waals surface area contributed by atoms with Gasteiger partial charge in [-0.2, -0.15) is 5.10 Å². The first-order valence-electron chi connectivity index (χ1n) is 5.95. The molecule has 1 atom stereocenters. The predicted molar refractivity (Wildman–Crippen MR) is 70.4 cm³/mol. The van der Waals surface area contributed by atoms with Gasteiger partial charge in [0.15, 0.2) is 5.82 Å². The third kappa shape index (κ3) is 4.12. The summed E-state index contributed by atoms with van der Waals surface area (Å²) in [5.41, 5.74) is 6.41. The van der Waals surface area contributed by atoms with Crippen LogP contribution in [0.3, 0.4) is 0 Å². The quantitative estimate of drug-likeness (QED) is 0.731. The smallest absolute Gasteiger partial charge is 0.228 e. The zero-order chi connectivity index (χ0) is 13.8. The Morgan fingerprint density at radius 3 is 2.72 bits per heavy atom. The van der Waals surface area contributed by atoms with Gasteiger partial charge in [0.25, 0.3) is 0 Å². The molecular formula is C12H22N4O2. The van der Waals surface area contributed by atoms with E-state index in [1.807, 2.05) is 6.07 Å². The number of nitrogens with zero attached hydrogens (tertiary/aromatic N) is 1. The molecule has 4 N–H and O–H groups in total. The maximum absolute atomic E-state index is 11.7. The van der Waals surface area contributed by atoms with E-state index in [2.05, 4.69) is 36.3 Å². The lowest BCUT2D eigenvalue weighted by atomic mass is 9.92. The molecule has 0 radical (unpaired) electrons. The van der Waals surface area contributed by atoms with E-state index in [0.29, 0.717) is 12.4 Å². The summed E-state index contributed by atoms with van der Waals surface area (Å²) in [7, 11) is 1.54. The third-order valence-corrected chi connectivity index (χ3v) is 2.66. The molecule has 1 rings (SSSR count). The Balaban J connectivity index is 2.57. The number of aromatic amines is 1. The second kappa shape index (κ2) is 5.97. The van der Waals surface area contributed by atoms with Crippen molar-refractivity contribution >= 4 is 11.7 Å². The normalized spacial score (nSPS) is 13.4. The zero-order valence-electron chi connectivity index (χ0n) is 11.4. The topological polar surface area (TPSA) is 93.0 Å². The molecule has 0 spiro atoms. The van der Waals surface area contributed by atoms with Crippen LogP contribution in [0.5, 0.6) is 0 Å². The van der Waals surface area contributed by atoms with Crippen molar-refractivity contribution in [3.8, 4) is 0 Å². The first-order valence-corrected chi connectivity index (χ1v) is 5.95. The molecule has 1 aromatic rings. The molecule has 1 unspecified atom stereocenters. The number of methoxy groups -OCH3 is 1. The molecule has 6 heteroatoms. The summed E-state index contributed by atoms with van der Waals surface area (Å²) in [6.07, 6.45) is -0.0314. The van der Waals surface area contributed by atoms with E-state index in [0.717, 1.165) is 5.69 Å². The van der Waals surface area contributed by atoms with Crippen LogP contribution >= 0.6 is 0 Å². The van der Waals surface area contributed by atoms with Gasteiger partial charge in [-0.05, 0) is 0 Å². The standard InChI is InChI=1S/C12H22N4O2/c1-12(2,3)9-6-10(16-15-9)14-11(17)5-8(7-13)18-4/h6,8H,5,7,13H2,1-4H3,(H2,14,15,16,17). The maximum Gasteiger partial charge on any atom is 0.228 e. The molecule has 18 heavy (non-hydrogen) atoms. The number of nitrogens with one attached hydrogen (secondary N) is 2. The zero-order valence-corrected chi connectivity index (χ0v) is 11.4. The third-order valence-electron chi connectivity index (χ3n) is 2.66. The number of hydrogen-bond acceptors (Lipinski definition) is 4. The number of aromatic nitrogens is 2. The van der Waals surface area contributed by atoms with Crippen molar-refractivity contribution < 1.29 is 9.53 Å². The van der Waals surface area contributed by atoms with Gasteiger partial charge < -0.3 is 15.8 Å². The van der Waals surface area contributed by atoms with Gasteiger partial charge in [0.1, 0.15) is 0 Å². The van der Waals surface area contributed by atoms with Crippen LogP contribution in [0.25, 0.3) is 0 Å². The lowest BCUT2D eigenvalue weighted by molar-refractivity contribution is -0.118. The van der Waals surface area contributed by atoms with Crippen LogP contribution in [0.15, 0.2) is 6.07 Å². The largest absolute Gasteiger partial charge is 0.380 e. The molecule has 1 amide bonds. The summed E-state index contributed by atoms with van der Waals surface area (Å²) < 4.78 is 5.05. The van der Waals surface area contributed by atoms with E-state index >= 15 is 0 Å². The van der Waals surface area contributed by atoms with Gasteiger partial charge >= 0.3 is 0 Å². The number of carbonyl (C=O) groups is 1. The van der Waals surface area contributed by atoms with Crippen LogP contribution in [0.1, 0.15) is 32.9 Å². The molecule has 0 aromatic carbocycles. The number of carbonyl (C=O) groups excluding carboxylic acids is 1. The van der Waals surface area contributed by atoms with Crippen LogP contribution in [0, 0.1) is 0 Å². The van der Waals surface area contributed by atoms with Crippen molar-refractivity contribution in [3.63, 3.8) is 0 Å². The highest BCUT2D eigenvalue weighted by molar-refractivity contribution is 5.90. The predicted octanol–water partition coefficient (Wildman–Crippen LogP) is 1.01. The van der Waals surface area contributed by atoms with E-state index in [9.17, 15) is 4.79 Å². The Bertz CT molecular complexity index is 391. The molecular weight excluding hydrogens is 232 g/mol. The van der Waals surface area contributed by atoms with E-state index < -0.39 is 0 Å². The van der Waals surface area contributed by atoms with Gasteiger partial charge in [-0.3, -0.25) is 9.89 Å². The minimum absolute atomic E-state index is 0.0255. The first-order chi connectivity index (χ1) is 8.36. The first kappa shape index (κ1) is 14.7. The Morgan fingerprint density at radius 2 is 2.28 bits per heavy atom. The van der Waals surface area contributed by atoms with Crippen molar-refractivity contribution in [3.05, 3.63) is 11.8 Å². The maximum atomic E-state index is 11.7. The molecule has 0 saturated carbocycles. The molecule has 0 aliphatic carbocycles. The van der Waals surface area contributed by atoms with Gasteiger partial charge in [0, 0.05) is 30.8 Å². The SMILES string of the molecule is COC(CN)CC(=O)Nc1cc(C(C)(C)C)[nH]n1. The number of hydrogen-bond donors (Lipinski definition) is 3. The summed E-state index contributed by atoms with van der Waals surface area (Å²) in [5.74, 6) is 0.371. The number of amides is 1. The lowest BCUT2D eigenvalue weighted by Gasteiger charge is -2.14. The van der Waals surface area contributed by atoms with E-state index in [-0.39, 0.29) is 23.8 Å². The van der Waals surface area contributed by atoms with Crippen molar-refractivity contribution in [2.24, 2.45) is 5.73 Å². The summed E-state index contributed by atoms with van der Waals surface area (Å²) in [6, 6.07) is 1.84. The fourth-order valence-corrected chi connectivity index (χ4v) is 1.43. The number of H-pyrrole nitrogens is 1. The molecule has 0 aliphatic rings. The average Bonchev–Trinajstić information content (AvgIpc) is 2.74. The number of nitrogens with two attached hydrogens (primary N) is 1. The molecule has 0 bridgehead atoms. The molecule has 102 valence electrons. The van der Waals surface area contributed by atoms with E-state index in [4.69, 9.17) is 10.5 Å². The summed E-state index contributed by atoms with van der Waals surface area (Å²) in [4.78, 5) is 11.7.